The molecule has 0 radical (unpaired) electrons. The van der Waals surface area contributed by atoms with Crippen LogP contribution in [0.2, 0.25) is 0 Å². The van der Waals surface area contributed by atoms with Crippen molar-refractivity contribution in [3.63, 3.8) is 0 Å². The molecule has 1 heterocycles. The minimum absolute atomic E-state index is 0.0932. The SMILES string of the molecule is O=C(Cn1cc(CO)nn1)Nc1ccc(Br)cc1F. The van der Waals surface area contributed by atoms with Crippen LogP contribution in [0, 0.1) is 5.82 Å². The van der Waals surface area contributed by atoms with Crippen molar-refractivity contribution in [2.75, 3.05) is 5.32 Å². The molecule has 100 valence electrons. The maximum absolute atomic E-state index is 13.5. The number of carbonyl (C=O) groups is 1. The van der Waals surface area contributed by atoms with E-state index in [0.29, 0.717) is 10.2 Å². The zero-order chi connectivity index (χ0) is 13.8. The van der Waals surface area contributed by atoms with E-state index in [9.17, 15) is 9.18 Å². The molecule has 1 aromatic heterocycles. The molecule has 0 spiro atoms. The van der Waals surface area contributed by atoms with E-state index < -0.39 is 11.7 Å². The zero-order valence-electron chi connectivity index (χ0n) is 9.68. The van der Waals surface area contributed by atoms with E-state index in [2.05, 4.69) is 31.6 Å². The summed E-state index contributed by atoms with van der Waals surface area (Å²) in [4.78, 5) is 11.7. The summed E-state index contributed by atoms with van der Waals surface area (Å²) in [5.74, 6) is -0.965. The molecule has 1 aromatic carbocycles. The van der Waals surface area contributed by atoms with Crippen LogP contribution in [0.4, 0.5) is 10.1 Å². The first-order valence-electron chi connectivity index (χ1n) is 5.33. The lowest BCUT2D eigenvalue weighted by Gasteiger charge is -2.06. The van der Waals surface area contributed by atoms with Crippen molar-refractivity contribution in [3.8, 4) is 0 Å². The summed E-state index contributed by atoms with van der Waals surface area (Å²) in [7, 11) is 0. The Bertz CT molecular complexity index is 602. The lowest BCUT2D eigenvalue weighted by atomic mass is 10.3. The average molecular weight is 329 g/mol. The number of aliphatic hydroxyl groups is 1. The highest BCUT2D eigenvalue weighted by Crippen LogP contribution is 2.19. The number of rotatable bonds is 4. The van der Waals surface area contributed by atoms with Crippen LogP contribution in [0.1, 0.15) is 5.69 Å². The Hall–Kier alpha value is -1.80. The molecule has 2 rings (SSSR count). The van der Waals surface area contributed by atoms with Gasteiger partial charge in [-0.3, -0.25) is 4.79 Å². The van der Waals surface area contributed by atoms with Crippen molar-refractivity contribution in [1.82, 2.24) is 15.0 Å². The number of nitrogens with one attached hydrogen (secondary N) is 1. The fourth-order valence-electron chi connectivity index (χ4n) is 1.42. The normalized spacial score (nSPS) is 10.5. The molecular formula is C11H10BrFN4O2. The minimum atomic E-state index is -0.530. The second-order valence-electron chi connectivity index (χ2n) is 3.74. The largest absolute Gasteiger partial charge is 0.390 e. The molecule has 8 heteroatoms. The molecule has 2 N–H and O–H groups in total. The molecule has 19 heavy (non-hydrogen) atoms. The van der Waals surface area contributed by atoms with Gasteiger partial charge in [-0.15, -0.1) is 5.10 Å². The summed E-state index contributed by atoms with van der Waals surface area (Å²) in [6.45, 7) is -0.356. The molecular weight excluding hydrogens is 319 g/mol. The number of nitrogens with zero attached hydrogens (tertiary/aromatic N) is 3. The van der Waals surface area contributed by atoms with Gasteiger partial charge in [0.1, 0.15) is 18.1 Å². The monoisotopic (exact) mass is 328 g/mol. The van der Waals surface area contributed by atoms with Crippen LogP contribution in [-0.4, -0.2) is 26.0 Å². The highest BCUT2D eigenvalue weighted by molar-refractivity contribution is 9.10. The molecule has 0 aliphatic carbocycles. The molecule has 2 aromatic rings. The third-order valence-corrected chi connectivity index (χ3v) is 2.75. The molecule has 0 atom stereocenters. The van der Waals surface area contributed by atoms with Crippen molar-refractivity contribution in [3.05, 3.63) is 40.4 Å². The summed E-state index contributed by atoms with van der Waals surface area (Å²) in [5, 5.41) is 18.5. The third kappa shape index (κ3) is 3.58. The maximum atomic E-state index is 13.5. The second kappa shape index (κ2) is 5.89. The predicted octanol–water partition coefficient (Wildman–Crippen LogP) is 1.31. The number of hydrogen-bond donors (Lipinski definition) is 2. The summed E-state index contributed by atoms with van der Waals surface area (Å²) in [6, 6.07) is 4.34. The van der Waals surface area contributed by atoms with E-state index >= 15 is 0 Å². The van der Waals surface area contributed by atoms with Gasteiger partial charge in [0.05, 0.1) is 18.5 Å². The molecule has 0 aliphatic rings. The average Bonchev–Trinajstić information content (AvgIpc) is 2.80. The quantitative estimate of drug-likeness (QED) is 0.886. The standard InChI is InChI=1S/C11H10BrFN4O2/c12-7-1-2-10(9(13)3-7)14-11(19)5-17-4-8(6-18)15-16-17/h1-4,18H,5-6H2,(H,14,19). The van der Waals surface area contributed by atoms with Gasteiger partial charge in [0.15, 0.2) is 0 Å². The highest BCUT2D eigenvalue weighted by atomic mass is 79.9. The van der Waals surface area contributed by atoms with Gasteiger partial charge in [-0.2, -0.15) is 0 Å². The molecule has 0 bridgehead atoms. The Kier molecular flexibility index (Phi) is 4.23. The molecule has 0 unspecified atom stereocenters. The van der Waals surface area contributed by atoms with Crippen molar-refractivity contribution in [2.24, 2.45) is 0 Å². The fraction of sp³-hybridized carbons (Fsp3) is 0.182. The van der Waals surface area contributed by atoms with Gasteiger partial charge >= 0.3 is 0 Å². The van der Waals surface area contributed by atoms with Crippen molar-refractivity contribution < 1.29 is 14.3 Å². The summed E-state index contributed by atoms with van der Waals surface area (Å²) in [6.07, 6.45) is 1.44. The van der Waals surface area contributed by atoms with Crippen LogP contribution in [0.3, 0.4) is 0 Å². The highest BCUT2D eigenvalue weighted by Gasteiger charge is 2.09. The Morgan fingerprint density at radius 3 is 2.95 bits per heavy atom. The van der Waals surface area contributed by atoms with Gasteiger partial charge in [-0.25, -0.2) is 9.07 Å². The number of aliphatic hydroxyl groups excluding tert-OH is 1. The van der Waals surface area contributed by atoms with Gasteiger partial charge in [0.2, 0.25) is 5.91 Å². The molecule has 0 saturated carbocycles. The number of halogens is 2. The van der Waals surface area contributed by atoms with Crippen LogP contribution >= 0.6 is 15.9 Å². The van der Waals surface area contributed by atoms with Crippen LogP contribution in [0.15, 0.2) is 28.9 Å². The number of aromatic nitrogens is 3. The first kappa shape index (κ1) is 13.6. The van der Waals surface area contributed by atoms with E-state index in [0.717, 1.165) is 0 Å². The van der Waals surface area contributed by atoms with Crippen LogP contribution in [-0.2, 0) is 17.9 Å². The number of hydrogen-bond acceptors (Lipinski definition) is 4. The molecule has 6 nitrogen and oxygen atoms in total. The van der Waals surface area contributed by atoms with E-state index in [-0.39, 0.29) is 18.8 Å². The van der Waals surface area contributed by atoms with Crippen LogP contribution in [0.25, 0.3) is 0 Å². The van der Waals surface area contributed by atoms with Crippen LogP contribution in [0.5, 0.6) is 0 Å². The third-order valence-electron chi connectivity index (χ3n) is 2.26. The molecule has 0 fully saturated rings. The Morgan fingerprint density at radius 1 is 1.53 bits per heavy atom. The van der Waals surface area contributed by atoms with E-state index in [1.807, 2.05) is 0 Å². The Morgan fingerprint density at radius 2 is 2.32 bits per heavy atom. The van der Waals surface area contributed by atoms with E-state index in [1.54, 1.807) is 6.07 Å². The molecule has 0 aliphatic heterocycles. The Balaban J connectivity index is 2.01. The lowest BCUT2D eigenvalue weighted by molar-refractivity contribution is -0.116. The number of amides is 1. The summed E-state index contributed by atoms with van der Waals surface area (Å²) in [5.41, 5.74) is 0.457. The van der Waals surface area contributed by atoms with Crippen molar-refractivity contribution in [1.29, 1.82) is 0 Å². The summed E-state index contributed by atoms with van der Waals surface area (Å²) < 4.78 is 15.3. The number of carbonyl (C=O) groups excluding carboxylic acids is 1. The van der Waals surface area contributed by atoms with Gasteiger partial charge in [0, 0.05) is 4.47 Å². The van der Waals surface area contributed by atoms with Gasteiger partial charge in [-0.05, 0) is 18.2 Å². The van der Waals surface area contributed by atoms with Crippen LogP contribution < -0.4 is 5.32 Å². The second-order valence-corrected chi connectivity index (χ2v) is 4.65. The minimum Gasteiger partial charge on any atom is -0.390 e. The number of anilines is 1. The fourth-order valence-corrected chi connectivity index (χ4v) is 1.75. The van der Waals surface area contributed by atoms with E-state index in [1.165, 1.54) is 23.0 Å². The maximum Gasteiger partial charge on any atom is 0.246 e. The molecule has 1 amide bonds. The van der Waals surface area contributed by atoms with Gasteiger partial charge in [0.25, 0.3) is 0 Å². The van der Waals surface area contributed by atoms with Gasteiger partial charge < -0.3 is 10.4 Å². The summed E-state index contributed by atoms with van der Waals surface area (Å²) >= 11 is 3.13. The topological polar surface area (TPSA) is 80.0 Å². The van der Waals surface area contributed by atoms with Crippen molar-refractivity contribution in [2.45, 2.75) is 13.2 Å². The predicted molar refractivity (Wildman–Crippen MR) is 68.7 cm³/mol. The smallest absolute Gasteiger partial charge is 0.246 e. The zero-order valence-corrected chi connectivity index (χ0v) is 11.3. The van der Waals surface area contributed by atoms with Crippen molar-refractivity contribution >= 4 is 27.5 Å². The molecule has 0 saturated heterocycles. The number of benzene rings is 1. The first-order chi connectivity index (χ1) is 9.08. The van der Waals surface area contributed by atoms with Gasteiger partial charge in [-0.1, -0.05) is 21.1 Å². The lowest BCUT2D eigenvalue weighted by Crippen LogP contribution is -2.19. The Labute approximate surface area is 116 Å². The van der Waals surface area contributed by atoms with E-state index in [4.69, 9.17) is 5.11 Å². The first-order valence-corrected chi connectivity index (χ1v) is 6.12.